The predicted octanol–water partition coefficient (Wildman–Crippen LogP) is 3.64. The van der Waals surface area contributed by atoms with Gasteiger partial charge < -0.3 is 10.5 Å². The van der Waals surface area contributed by atoms with E-state index >= 15 is 0 Å². The summed E-state index contributed by atoms with van der Waals surface area (Å²) in [6.07, 6.45) is 0. The number of hydrogen-bond acceptors (Lipinski definition) is 4. The number of methoxy groups -OCH3 is 1. The molecule has 1 aromatic heterocycles. The molecule has 0 aliphatic heterocycles. The quantitative estimate of drug-likeness (QED) is 0.692. The molecule has 0 radical (unpaired) electrons. The first-order valence-corrected chi connectivity index (χ1v) is 6.88. The third kappa shape index (κ3) is 2.42. The van der Waals surface area contributed by atoms with Gasteiger partial charge in [0, 0.05) is 16.1 Å². The monoisotopic (exact) mass is 325 g/mol. The van der Waals surface area contributed by atoms with E-state index in [1.54, 1.807) is 25.3 Å². The molecular weight excluding hydrogens is 314 g/mol. The van der Waals surface area contributed by atoms with E-state index in [4.69, 9.17) is 10.5 Å². The van der Waals surface area contributed by atoms with Crippen molar-refractivity contribution < 1.29 is 9.53 Å². The highest BCUT2D eigenvalue weighted by Gasteiger charge is 2.18. The van der Waals surface area contributed by atoms with Gasteiger partial charge in [0.05, 0.1) is 16.5 Å². The molecule has 0 unspecified atom stereocenters. The van der Waals surface area contributed by atoms with E-state index in [-0.39, 0.29) is 5.78 Å². The standard InChI is InChI=1S/C13H12BrNO2S/c1-7-9(6-12(14)18-7)13(16)10-5-8(15)3-4-11(10)17-2/h3-6H,15H2,1-2H3. The molecule has 0 aliphatic carbocycles. The molecule has 1 aromatic carbocycles. The highest BCUT2D eigenvalue weighted by molar-refractivity contribution is 9.11. The van der Waals surface area contributed by atoms with Crippen LogP contribution in [0.25, 0.3) is 0 Å². The average molecular weight is 326 g/mol. The fourth-order valence-corrected chi connectivity index (χ4v) is 3.41. The van der Waals surface area contributed by atoms with Crippen LogP contribution in [0.15, 0.2) is 28.1 Å². The van der Waals surface area contributed by atoms with Crippen LogP contribution in [0.4, 0.5) is 5.69 Å². The SMILES string of the molecule is COc1ccc(N)cc1C(=O)c1cc(Br)sc1C. The Morgan fingerprint density at radius 2 is 2.06 bits per heavy atom. The van der Waals surface area contributed by atoms with Gasteiger partial charge in [-0.2, -0.15) is 0 Å². The van der Waals surface area contributed by atoms with Gasteiger partial charge in [0.1, 0.15) is 5.75 Å². The zero-order valence-electron chi connectivity index (χ0n) is 9.99. The smallest absolute Gasteiger partial charge is 0.197 e. The Morgan fingerprint density at radius 3 is 2.61 bits per heavy atom. The molecule has 0 amide bonds. The second-order valence-electron chi connectivity index (χ2n) is 3.81. The number of benzene rings is 1. The lowest BCUT2D eigenvalue weighted by molar-refractivity contribution is 0.103. The molecule has 94 valence electrons. The van der Waals surface area contributed by atoms with E-state index in [2.05, 4.69) is 15.9 Å². The predicted molar refractivity (Wildman–Crippen MR) is 77.6 cm³/mol. The molecule has 0 aliphatic rings. The zero-order valence-corrected chi connectivity index (χ0v) is 12.4. The fourth-order valence-electron chi connectivity index (χ4n) is 1.72. The third-order valence-electron chi connectivity index (χ3n) is 2.60. The number of nitrogens with two attached hydrogens (primary N) is 1. The Labute approximate surface area is 118 Å². The Hall–Kier alpha value is -1.33. The number of halogens is 1. The lowest BCUT2D eigenvalue weighted by Crippen LogP contribution is -2.05. The number of ketones is 1. The van der Waals surface area contributed by atoms with Crippen molar-refractivity contribution in [1.29, 1.82) is 0 Å². The average Bonchev–Trinajstić information content (AvgIpc) is 2.67. The van der Waals surface area contributed by atoms with Crippen LogP contribution in [0, 0.1) is 6.92 Å². The minimum atomic E-state index is -0.0707. The van der Waals surface area contributed by atoms with Crippen molar-refractivity contribution in [3.63, 3.8) is 0 Å². The van der Waals surface area contributed by atoms with Gasteiger partial charge in [0.25, 0.3) is 0 Å². The van der Waals surface area contributed by atoms with Crippen LogP contribution in [-0.2, 0) is 0 Å². The van der Waals surface area contributed by atoms with E-state index in [0.29, 0.717) is 22.6 Å². The third-order valence-corrected chi connectivity index (χ3v) is 4.15. The Kier molecular flexibility index (Phi) is 3.73. The van der Waals surface area contributed by atoms with Crippen LogP contribution < -0.4 is 10.5 Å². The topological polar surface area (TPSA) is 52.3 Å². The maximum absolute atomic E-state index is 12.5. The highest BCUT2D eigenvalue weighted by atomic mass is 79.9. The van der Waals surface area contributed by atoms with Gasteiger partial charge in [-0.25, -0.2) is 0 Å². The van der Waals surface area contributed by atoms with Crippen molar-refractivity contribution >= 4 is 38.7 Å². The first kappa shape index (κ1) is 13.1. The molecule has 0 saturated heterocycles. The first-order valence-electron chi connectivity index (χ1n) is 5.27. The minimum absolute atomic E-state index is 0.0707. The summed E-state index contributed by atoms with van der Waals surface area (Å²) in [6, 6.07) is 6.89. The lowest BCUT2D eigenvalue weighted by atomic mass is 10.0. The summed E-state index contributed by atoms with van der Waals surface area (Å²) in [4.78, 5) is 13.4. The number of anilines is 1. The number of carbonyl (C=O) groups excluding carboxylic acids is 1. The summed E-state index contributed by atoms with van der Waals surface area (Å²) in [5.41, 5.74) is 7.44. The first-order chi connectivity index (χ1) is 8.52. The van der Waals surface area contributed by atoms with Crippen LogP contribution in [0.2, 0.25) is 0 Å². The largest absolute Gasteiger partial charge is 0.496 e. The van der Waals surface area contributed by atoms with Gasteiger partial charge in [-0.15, -0.1) is 11.3 Å². The molecule has 0 bridgehead atoms. The van der Waals surface area contributed by atoms with Crippen molar-refractivity contribution in [1.82, 2.24) is 0 Å². The van der Waals surface area contributed by atoms with Gasteiger partial charge in [-0.05, 0) is 47.1 Å². The van der Waals surface area contributed by atoms with Gasteiger partial charge >= 0.3 is 0 Å². The molecule has 2 aromatic rings. The summed E-state index contributed by atoms with van der Waals surface area (Å²) >= 11 is 4.92. The maximum Gasteiger partial charge on any atom is 0.197 e. The summed E-state index contributed by atoms with van der Waals surface area (Å²) in [6.45, 7) is 1.92. The van der Waals surface area contributed by atoms with E-state index in [0.717, 1.165) is 8.66 Å². The Morgan fingerprint density at radius 1 is 1.33 bits per heavy atom. The number of aryl methyl sites for hydroxylation is 1. The number of hydrogen-bond donors (Lipinski definition) is 1. The van der Waals surface area contributed by atoms with Crippen LogP contribution in [0.1, 0.15) is 20.8 Å². The Bertz CT molecular complexity index is 607. The molecule has 0 fully saturated rings. The number of nitrogen functional groups attached to an aromatic ring is 1. The fraction of sp³-hybridized carbons (Fsp3) is 0.154. The summed E-state index contributed by atoms with van der Waals surface area (Å²) < 4.78 is 6.14. The van der Waals surface area contributed by atoms with E-state index in [1.165, 1.54) is 11.3 Å². The highest BCUT2D eigenvalue weighted by Crippen LogP contribution is 2.31. The summed E-state index contributed by atoms with van der Waals surface area (Å²) in [7, 11) is 1.54. The molecule has 1 heterocycles. The second-order valence-corrected chi connectivity index (χ2v) is 6.44. The van der Waals surface area contributed by atoms with Crippen LogP contribution in [0.3, 0.4) is 0 Å². The van der Waals surface area contributed by atoms with E-state index in [9.17, 15) is 4.79 Å². The van der Waals surface area contributed by atoms with Gasteiger partial charge in [-0.1, -0.05) is 0 Å². The van der Waals surface area contributed by atoms with Crippen molar-refractivity contribution in [3.8, 4) is 5.75 Å². The number of rotatable bonds is 3. The molecule has 2 rings (SSSR count). The molecule has 3 nitrogen and oxygen atoms in total. The zero-order chi connectivity index (χ0) is 13.3. The van der Waals surface area contributed by atoms with E-state index < -0.39 is 0 Å². The van der Waals surface area contributed by atoms with Crippen LogP contribution in [0.5, 0.6) is 5.75 Å². The number of carbonyl (C=O) groups is 1. The summed E-state index contributed by atoms with van der Waals surface area (Å²) in [5, 5.41) is 0. The second kappa shape index (κ2) is 5.12. The molecule has 5 heteroatoms. The van der Waals surface area contributed by atoms with E-state index in [1.807, 2.05) is 13.0 Å². The minimum Gasteiger partial charge on any atom is -0.496 e. The van der Waals surface area contributed by atoms with Crippen molar-refractivity contribution in [2.75, 3.05) is 12.8 Å². The van der Waals surface area contributed by atoms with Crippen LogP contribution in [-0.4, -0.2) is 12.9 Å². The molecular formula is C13H12BrNO2S. The molecule has 18 heavy (non-hydrogen) atoms. The normalized spacial score (nSPS) is 10.4. The van der Waals surface area contributed by atoms with Crippen LogP contribution >= 0.6 is 27.3 Å². The number of thiophene rings is 1. The lowest BCUT2D eigenvalue weighted by Gasteiger charge is -2.08. The Balaban J connectivity index is 2.51. The van der Waals surface area contributed by atoms with Gasteiger partial charge in [0.15, 0.2) is 5.78 Å². The van der Waals surface area contributed by atoms with Gasteiger partial charge in [0.2, 0.25) is 0 Å². The molecule has 0 saturated carbocycles. The molecule has 2 N–H and O–H groups in total. The van der Waals surface area contributed by atoms with Crippen molar-refractivity contribution in [2.24, 2.45) is 0 Å². The van der Waals surface area contributed by atoms with Crippen molar-refractivity contribution in [3.05, 3.63) is 44.1 Å². The molecule has 0 spiro atoms. The summed E-state index contributed by atoms with van der Waals surface area (Å²) in [5.74, 6) is 0.467. The maximum atomic E-state index is 12.5. The van der Waals surface area contributed by atoms with Crippen molar-refractivity contribution in [2.45, 2.75) is 6.92 Å². The van der Waals surface area contributed by atoms with Gasteiger partial charge in [-0.3, -0.25) is 4.79 Å². The molecule has 0 atom stereocenters. The number of ether oxygens (including phenoxy) is 1.